The van der Waals surface area contributed by atoms with E-state index in [1.54, 1.807) is 17.0 Å². The van der Waals surface area contributed by atoms with Crippen molar-refractivity contribution >= 4 is 45.6 Å². The summed E-state index contributed by atoms with van der Waals surface area (Å²) >= 11 is 5.98. The first-order valence-electron chi connectivity index (χ1n) is 8.36. The van der Waals surface area contributed by atoms with Crippen LogP contribution in [0, 0.1) is 0 Å². The summed E-state index contributed by atoms with van der Waals surface area (Å²) in [6, 6.07) is 4.64. The first kappa shape index (κ1) is 18.6. The summed E-state index contributed by atoms with van der Waals surface area (Å²) in [7, 11) is 1.43. The van der Waals surface area contributed by atoms with Crippen LogP contribution in [-0.2, 0) is 10.9 Å². The van der Waals surface area contributed by atoms with E-state index in [-0.39, 0.29) is 23.5 Å². The monoisotopic (exact) mass is 414 g/mol. The van der Waals surface area contributed by atoms with Crippen LogP contribution >= 0.6 is 11.6 Å². The molecule has 3 aromatic rings. The second-order valence-electron chi connectivity index (χ2n) is 6.30. The zero-order valence-corrected chi connectivity index (χ0v) is 15.3. The molecule has 7 nitrogen and oxygen atoms in total. The van der Waals surface area contributed by atoms with Gasteiger partial charge in [0.05, 0.1) is 6.54 Å². The zero-order chi connectivity index (χ0) is 20.1. The van der Waals surface area contributed by atoms with Crippen LogP contribution in [0.5, 0.6) is 0 Å². The lowest BCUT2D eigenvalue weighted by molar-refractivity contribution is -0.144. The summed E-state index contributed by atoms with van der Waals surface area (Å²) in [6.07, 6.45) is -5.36. The number of ether oxygens (including phenoxy) is 1. The van der Waals surface area contributed by atoms with Gasteiger partial charge in [0, 0.05) is 30.4 Å². The van der Waals surface area contributed by atoms with Crippen molar-refractivity contribution in [2.24, 2.45) is 0 Å². The Morgan fingerprint density at radius 1 is 1.39 bits per heavy atom. The lowest BCUT2D eigenvalue weighted by Gasteiger charge is -2.18. The van der Waals surface area contributed by atoms with E-state index in [0.717, 1.165) is 0 Å². The number of carbonyl (C=O) groups excluding carboxylic acids is 1. The fourth-order valence-corrected chi connectivity index (χ4v) is 3.34. The standard InChI is InChI=1S/C17H14ClF3N4O3/c1-22-16(26)27-9-4-5-25(7-9)14-13-12(23-15(24-14)17(19,20)21)10-6-8(18)2-3-11(10)28-13/h2-3,6,9H,4-5,7H2,1H3,(H,22,26)/t9-/m1/s1. The van der Waals surface area contributed by atoms with E-state index in [2.05, 4.69) is 15.3 Å². The first-order valence-corrected chi connectivity index (χ1v) is 8.74. The number of halogens is 4. The molecule has 1 N–H and O–H groups in total. The quantitative estimate of drug-likeness (QED) is 0.683. The third kappa shape index (κ3) is 3.28. The summed E-state index contributed by atoms with van der Waals surface area (Å²) in [5.41, 5.74) is 0.517. The highest BCUT2D eigenvalue weighted by molar-refractivity contribution is 6.31. The number of alkyl carbamates (subject to hydrolysis) is 1. The molecular weight excluding hydrogens is 401 g/mol. The number of carbonyl (C=O) groups is 1. The summed E-state index contributed by atoms with van der Waals surface area (Å²) in [6.45, 7) is 0.539. The fraction of sp³-hybridized carbons (Fsp3) is 0.353. The van der Waals surface area contributed by atoms with Crippen molar-refractivity contribution < 1.29 is 27.1 Å². The van der Waals surface area contributed by atoms with Crippen molar-refractivity contribution in [3.05, 3.63) is 29.0 Å². The molecule has 1 aliphatic rings. The highest BCUT2D eigenvalue weighted by Gasteiger charge is 2.38. The number of aromatic nitrogens is 2. The van der Waals surface area contributed by atoms with E-state index >= 15 is 0 Å². The van der Waals surface area contributed by atoms with Gasteiger partial charge in [0.2, 0.25) is 5.82 Å². The molecule has 4 rings (SSSR count). The second-order valence-corrected chi connectivity index (χ2v) is 6.74. The van der Waals surface area contributed by atoms with Crippen molar-refractivity contribution in [3.8, 4) is 0 Å². The molecule has 0 radical (unpaired) electrons. The van der Waals surface area contributed by atoms with Gasteiger partial charge < -0.3 is 19.4 Å². The van der Waals surface area contributed by atoms with Crippen molar-refractivity contribution in [1.82, 2.24) is 15.3 Å². The van der Waals surface area contributed by atoms with Crippen molar-refractivity contribution in [2.75, 3.05) is 25.0 Å². The Morgan fingerprint density at radius 2 is 2.18 bits per heavy atom. The van der Waals surface area contributed by atoms with E-state index in [1.165, 1.54) is 13.1 Å². The van der Waals surface area contributed by atoms with Crippen molar-refractivity contribution in [2.45, 2.75) is 18.7 Å². The van der Waals surface area contributed by atoms with Gasteiger partial charge in [0.1, 0.15) is 17.2 Å². The van der Waals surface area contributed by atoms with E-state index in [0.29, 0.717) is 29.0 Å². The van der Waals surface area contributed by atoms with Crippen molar-refractivity contribution in [3.63, 3.8) is 0 Å². The first-order chi connectivity index (χ1) is 13.3. The third-order valence-corrected chi connectivity index (χ3v) is 4.67. The van der Waals surface area contributed by atoms with E-state index < -0.39 is 24.2 Å². The molecule has 2 aromatic heterocycles. The molecule has 1 fully saturated rings. The van der Waals surface area contributed by atoms with Crippen LogP contribution in [-0.4, -0.2) is 42.3 Å². The Bertz CT molecular complexity index is 1070. The second kappa shape index (κ2) is 6.69. The maximum absolute atomic E-state index is 13.4. The largest absolute Gasteiger partial charge is 0.451 e. The van der Waals surface area contributed by atoms with Gasteiger partial charge in [-0.25, -0.2) is 14.8 Å². The van der Waals surface area contributed by atoms with E-state index in [1.807, 2.05) is 0 Å². The highest BCUT2D eigenvalue weighted by Crippen LogP contribution is 2.38. The maximum Gasteiger partial charge on any atom is 0.451 e. The minimum Gasteiger partial charge on any atom is -0.450 e. The normalized spacial score (nSPS) is 17.5. The van der Waals surface area contributed by atoms with Gasteiger partial charge in [-0.2, -0.15) is 13.2 Å². The molecule has 1 aromatic carbocycles. The number of hydrogen-bond donors (Lipinski definition) is 1. The molecule has 11 heteroatoms. The molecule has 0 bridgehead atoms. The van der Waals surface area contributed by atoms with Gasteiger partial charge in [-0.15, -0.1) is 0 Å². The molecule has 148 valence electrons. The lowest BCUT2D eigenvalue weighted by Crippen LogP contribution is -2.29. The van der Waals surface area contributed by atoms with Gasteiger partial charge in [-0.3, -0.25) is 0 Å². The van der Waals surface area contributed by atoms with Gasteiger partial charge in [-0.05, 0) is 18.2 Å². The van der Waals surface area contributed by atoms with Crippen LogP contribution < -0.4 is 10.2 Å². The number of anilines is 1. The van der Waals surface area contributed by atoms with Crippen LogP contribution in [0.15, 0.2) is 22.6 Å². The number of furan rings is 1. The molecule has 1 aliphatic heterocycles. The summed E-state index contributed by atoms with van der Waals surface area (Å²) in [5, 5.41) is 3.06. The van der Waals surface area contributed by atoms with Gasteiger partial charge >= 0.3 is 12.3 Å². The van der Waals surface area contributed by atoms with E-state index in [9.17, 15) is 18.0 Å². The molecular formula is C17H14ClF3N4O3. The molecule has 0 spiro atoms. The minimum absolute atomic E-state index is 0.00709. The highest BCUT2D eigenvalue weighted by atomic mass is 35.5. The number of amides is 1. The van der Waals surface area contributed by atoms with Crippen LogP contribution in [0.25, 0.3) is 22.1 Å². The van der Waals surface area contributed by atoms with Gasteiger partial charge in [0.15, 0.2) is 11.4 Å². The van der Waals surface area contributed by atoms with Gasteiger partial charge in [-0.1, -0.05) is 11.6 Å². The molecule has 0 saturated carbocycles. The molecule has 28 heavy (non-hydrogen) atoms. The topological polar surface area (TPSA) is 80.5 Å². The average Bonchev–Trinajstić information content (AvgIpc) is 3.24. The predicted octanol–water partition coefficient (Wildman–Crippen LogP) is 3.98. The number of fused-ring (bicyclic) bond motifs is 3. The van der Waals surface area contributed by atoms with Crippen LogP contribution in [0.3, 0.4) is 0 Å². The number of rotatable bonds is 2. The van der Waals surface area contributed by atoms with Crippen LogP contribution in [0.4, 0.5) is 23.8 Å². The Morgan fingerprint density at radius 3 is 2.89 bits per heavy atom. The SMILES string of the molecule is CNC(=O)O[C@@H]1CCN(c2nc(C(F)(F)F)nc3c2oc2ccc(Cl)cc23)C1. The number of nitrogens with zero attached hydrogens (tertiary/aromatic N) is 3. The molecule has 1 atom stereocenters. The summed E-state index contributed by atoms with van der Waals surface area (Å²) < 4.78 is 51.1. The Kier molecular flexibility index (Phi) is 4.45. The lowest BCUT2D eigenvalue weighted by atomic mass is 10.2. The summed E-state index contributed by atoms with van der Waals surface area (Å²) in [4.78, 5) is 20.4. The smallest absolute Gasteiger partial charge is 0.450 e. The molecule has 3 heterocycles. The number of benzene rings is 1. The minimum atomic E-state index is -4.73. The Balaban J connectivity index is 1.83. The Hall–Kier alpha value is -2.75. The molecule has 1 saturated heterocycles. The number of nitrogens with one attached hydrogen (secondary N) is 1. The van der Waals surface area contributed by atoms with E-state index in [4.69, 9.17) is 20.8 Å². The fourth-order valence-electron chi connectivity index (χ4n) is 3.17. The van der Waals surface area contributed by atoms with Crippen LogP contribution in [0.2, 0.25) is 5.02 Å². The van der Waals surface area contributed by atoms with Crippen LogP contribution in [0.1, 0.15) is 12.2 Å². The predicted molar refractivity (Wildman–Crippen MR) is 95.5 cm³/mol. The molecule has 0 unspecified atom stereocenters. The van der Waals surface area contributed by atoms with Gasteiger partial charge in [0.25, 0.3) is 0 Å². The number of hydrogen-bond acceptors (Lipinski definition) is 6. The molecule has 1 amide bonds. The molecule has 0 aliphatic carbocycles. The number of alkyl halides is 3. The Labute approximate surface area is 161 Å². The third-order valence-electron chi connectivity index (χ3n) is 4.43. The average molecular weight is 415 g/mol. The van der Waals surface area contributed by atoms with Crippen molar-refractivity contribution in [1.29, 1.82) is 0 Å². The zero-order valence-electron chi connectivity index (χ0n) is 14.5. The maximum atomic E-state index is 13.4. The summed E-state index contributed by atoms with van der Waals surface area (Å²) in [5.74, 6) is -1.26.